The van der Waals surface area contributed by atoms with Crippen molar-refractivity contribution in [3.63, 3.8) is 0 Å². The molecule has 0 atom stereocenters. The standard InChI is InChI=1S/C17H21FN2O2S/c1-14-7-5-10-16(18)17(14)23(21,22)20(12-6-11-19)13-15-8-3-2-4-9-15/h2-5,7-10H,6,11-13,19H2,1H3. The second kappa shape index (κ2) is 7.68. The zero-order chi connectivity index (χ0) is 16.9. The minimum atomic E-state index is -3.93. The predicted molar refractivity (Wildman–Crippen MR) is 88.8 cm³/mol. The van der Waals surface area contributed by atoms with Crippen LogP contribution in [0.2, 0.25) is 0 Å². The lowest BCUT2D eigenvalue weighted by atomic mass is 10.2. The molecule has 0 saturated carbocycles. The van der Waals surface area contributed by atoms with Gasteiger partial charge in [-0.3, -0.25) is 0 Å². The van der Waals surface area contributed by atoms with Crippen LogP contribution in [0.5, 0.6) is 0 Å². The van der Waals surface area contributed by atoms with Crippen LogP contribution in [0.25, 0.3) is 0 Å². The number of rotatable bonds is 7. The Hall–Kier alpha value is -1.76. The third-order valence-electron chi connectivity index (χ3n) is 3.58. The van der Waals surface area contributed by atoms with Gasteiger partial charge in [0.15, 0.2) is 0 Å². The van der Waals surface area contributed by atoms with Crippen molar-refractivity contribution in [2.24, 2.45) is 5.73 Å². The molecule has 0 spiro atoms. The first-order valence-corrected chi connectivity index (χ1v) is 8.90. The molecule has 2 N–H and O–H groups in total. The van der Waals surface area contributed by atoms with Crippen LogP contribution in [0.4, 0.5) is 4.39 Å². The third kappa shape index (κ3) is 4.16. The zero-order valence-corrected chi connectivity index (χ0v) is 13.9. The third-order valence-corrected chi connectivity index (χ3v) is 5.60. The van der Waals surface area contributed by atoms with Gasteiger partial charge in [0.05, 0.1) is 0 Å². The van der Waals surface area contributed by atoms with E-state index in [1.54, 1.807) is 13.0 Å². The number of nitrogens with two attached hydrogens (primary N) is 1. The van der Waals surface area contributed by atoms with E-state index < -0.39 is 15.8 Å². The number of hydrogen-bond acceptors (Lipinski definition) is 3. The van der Waals surface area contributed by atoms with Gasteiger partial charge in [-0.1, -0.05) is 42.5 Å². The molecule has 0 heterocycles. The van der Waals surface area contributed by atoms with Crippen LogP contribution < -0.4 is 5.73 Å². The average molecular weight is 336 g/mol. The topological polar surface area (TPSA) is 63.4 Å². The number of benzene rings is 2. The van der Waals surface area contributed by atoms with Crippen molar-refractivity contribution in [1.82, 2.24) is 4.31 Å². The fraction of sp³-hybridized carbons (Fsp3) is 0.294. The summed E-state index contributed by atoms with van der Waals surface area (Å²) in [6, 6.07) is 13.5. The van der Waals surface area contributed by atoms with E-state index in [1.807, 2.05) is 30.3 Å². The highest BCUT2D eigenvalue weighted by Gasteiger charge is 2.28. The molecule has 0 amide bonds. The Morgan fingerprint density at radius 2 is 1.78 bits per heavy atom. The van der Waals surface area contributed by atoms with Crippen LogP contribution in [0.3, 0.4) is 0 Å². The molecule has 124 valence electrons. The zero-order valence-electron chi connectivity index (χ0n) is 13.1. The van der Waals surface area contributed by atoms with Gasteiger partial charge in [-0.05, 0) is 37.1 Å². The highest BCUT2D eigenvalue weighted by Crippen LogP contribution is 2.24. The van der Waals surface area contributed by atoms with Gasteiger partial charge in [0.2, 0.25) is 10.0 Å². The number of halogens is 1. The molecule has 0 unspecified atom stereocenters. The van der Waals surface area contributed by atoms with E-state index in [2.05, 4.69) is 0 Å². The summed E-state index contributed by atoms with van der Waals surface area (Å²) in [6.45, 7) is 2.41. The Bertz CT molecular complexity index is 728. The maximum atomic E-state index is 14.1. The molecule has 0 aliphatic carbocycles. The molecule has 0 aliphatic heterocycles. The maximum Gasteiger partial charge on any atom is 0.246 e. The first-order valence-electron chi connectivity index (χ1n) is 7.46. The van der Waals surface area contributed by atoms with Gasteiger partial charge in [-0.25, -0.2) is 12.8 Å². The van der Waals surface area contributed by atoms with Crippen molar-refractivity contribution in [2.75, 3.05) is 13.1 Å². The summed E-state index contributed by atoms with van der Waals surface area (Å²) < 4.78 is 41.3. The molecular weight excluding hydrogens is 315 g/mol. The summed E-state index contributed by atoms with van der Waals surface area (Å²) >= 11 is 0. The molecule has 23 heavy (non-hydrogen) atoms. The molecule has 2 rings (SSSR count). The lowest BCUT2D eigenvalue weighted by molar-refractivity contribution is 0.398. The van der Waals surface area contributed by atoms with Crippen LogP contribution in [-0.4, -0.2) is 25.8 Å². The number of hydrogen-bond donors (Lipinski definition) is 1. The van der Waals surface area contributed by atoms with Crippen LogP contribution in [0.15, 0.2) is 53.4 Å². The monoisotopic (exact) mass is 336 g/mol. The molecule has 0 bridgehead atoms. The van der Waals surface area contributed by atoms with Crippen molar-refractivity contribution < 1.29 is 12.8 Å². The first kappa shape index (κ1) is 17.6. The van der Waals surface area contributed by atoms with E-state index in [4.69, 9.17) is 5.73 Å². The molecule has 0 aromatic heterocycles. The first-order chi connectivity index (χ1) is 11.0. The van der Waals surface area contributed by atoms with Gasteiger partial charge in [-0.15, -0.1) is 0 Å². The second-order valence-electron chi connectivity index (χ2n) is 5.35. The molecule has 0 aliphatic rings. The Balaban J connectivity index is 2.41. The minimum Gasteiger partial charge on any atom is -0.330 e. The molecule has 6 heteroatoms. The highest BCUT2D eigenvalue weighted by molar-refractivity contribution is 7.89. The van der Waals surface area contributed by atoms with Crippen LogP contribution in [0.1, 0.15) is 17.5 Å². The van der Waals surface area contributed by atoms with Crippen LogP contribution in [0, 0.1) is 12.7 Å². The van der Waals surface area contributed by atoms with Crippen LogP contribution in [-0.2, 0) is 16.6 Å². The summed E-state index contributed by atoms with van der Waals surface area (Å²) in [7, 11) is -3.93. The maximum absolute atomic E-state index is 14.1. The Labute approximate surface area is 136 Å². The molecule has 0 saturated heterocycles. The van der Waals surface area contributed by atoms with E-state index in [-0.39, 0.29) is 18.0 Å². The van der Waals surface area contributed by atoms with Crippen LogP contribution >= 0.6 is 0 Å². The summed E-state index contributed by atoms with van der Waals surface area (Å²) in [5, 5.41) is 0. The summed E-state index contributed by atoms with van der Waals surface area (Å²) in [6.07, 6.45) is 0.513. The number of nitrogens with zero attached hydrogens (tertiary/aromatic N) is 1. The van der Waals surface area contributed by atoms with Gasteiger partial charge in [0.25, 0.3) is 0 Å². The Morgan fingerprint density at radius 1 is 1.09 bits per heavy atom. The normalized spacial score (nSPS) is 11.8. The quantitative estimate of drug-likeness (QED) is 0.845. The molecule has 0 radical (unpaired) electrons. The number of aryl methyl sites for hydroxylation is 1. The Kier molecular flexibility index (Phi) is 5.87. The largest absolute Gasteiger partial charge is 0.330 e. The van der Waals surface area contributed by atoms with E-state index >= 15 is 0 Å². The van der Waals surface area contributed by atoms with E-state index in [0.717, 1.165) is 5.56 Å². The summed E-state index contributed by atoms with van der Waals surface area (Å²) in [4.78, 5) is -0.257. The van der Waals surface area contributed by atoms with Gasteiger partial charge in [0, 0.05) is 13.1 Å². The molecule has 0 fully saturated rings. The second-order valence-corrected chi connectivity index (χ2v) is 7.23. The number of sulfonamides is 1. The lowest BCUT2D eigenvalue weighted by Crippen LogP contribution is -2.33. The van der Waals surface area contributed by atoms with E-state index in [9.17, 15) is 12.8 Å². The minimum absolute atomic E-state index is 0.191. The van der Waals surface area contributed by atoms with E-state index in [0.29, 0.717) is 18.5 Å². The van der Waals surface area contributed by atoms with Crippen molar-refractivity contribution in [3.05, 3.63) is 65.5 Å². The van der Waals surface area contributed by atoms with Crippen molar-refractivity contribution in [3.8, 4) is 0 Å². The predicted octanol–water partition coefficient (Wildman–Crippen LogP) is 2.67. The van der Waals surface area contributed by atoms with Crippen molar-refractivity contribution in [2.45, 2.75) is 24.8 Å². The summed E-state index contributed by atoms with van der Waals surface area (Å²) in [5.74, 6) is -0.726. The fourth-order valence-electron chi connectivity index (χ4n) is 2.41. The summed E-state index contributed by atoms with van der Waals surface area (Å²) in [5.41, 5.74) is 6.76. The fourth-order valence-corrected chi connectivity index (χ4v) is 4.15. The molecule has 2 aromatic carbocycles. The molecule has 2 aromatic rings. The van der Waals surface area contributed by atoms with Crippen molar-refractivity contribution in [1.29, 1.82) is 0 Å². The van der Waals surface area contributed by atoms with Gasteiger partial charge >= 0.3 is 0 Å². The van der Waals surface area contributed by atoms with Gasteiger partial charge < -0.3 is 5.73 Å². The van der Waals surface area contributed by atoms with E-state index in [1.165, 1.54) is 16.4 Å². The SMILES string of the molecule is Cc1cccc(F)c1S(=O)(=O)N(CCCN)Cc1ccccc1. The molecular formula is C17H21FN2O2S. The van der Waals surface area contributed by atoms with Crippen molar-refractivity contribution >= 4 is 10.0 Å². The molecule has 4 nitrogen and oxygen atoms in total. The lowest BCUT2D eigenvalue weighted by Gasteiger charge is -2.23. The highest BCUT2D eigenvalue weighted by atomic mass is 32.2. The average Bonchev–Trinajstić information content (AvgIpc) is 2.52. The van der Waals surface area contributed by atoms with Gasteiger partial charge in [0.1, 0.15) is 10.7 Å². The Morgan fingerprint density at radius 3 is 2.39 bits per heavy atom. The smallest absolute Gasteiger partial charge is 0.246 e. The van der Waals surface area contributed by atoms with Gasteiger partial charge in [-0.2, -0.15) is 4.31 Å².